The molecule has 6 heteroatoms. The Morgan fingerprint density at radius 3 is 1.81 bits per heavy atom. The van der Waals surface area contributed by atoms with Crippen LogP contribution in [0.4, 0.5) is 22.7 Å². The molecular formula is C20H18N4O2. The van der Waals surface area contributed by atoms with Crippen LogP contribution in [0, 0.1) is 13.8 Å². The molecular weight excluding hydrogens is 328 g/mol. The van der Waals surface area contributed by atoms with E-state index in [1.54, 1.807) is 0 Å². The fraction of sp³-hybridized carbons (Fsp3) is 0.100. The molecule has 0 fully saturated rings. The zero-order valence-corrected chi connectivity index (χ0v) is 14.5. The second-order valence-electron chi connectivity index (χ2n) is 5.90. The summed E-state index contributed by atoms with van der Waals surface area (Å²) in [6, 6.07) is 17.6. The van der Waals surface area contributed by atoms with Crippen LogP contribution in [0.1, 0.15) is 11.1 Å². The van der Waals surface area contributed by atoms with Gasteiger partial charge in [-0.2, -0.15) is 10.2 Å². The highest BCUT2D eigenvalue weighted by atomic mass is 16.3. The van der Waals surface area contributed by atoms with Crippen molar-refractivity contribution in [3.63, 3.8) is 0 Å². The van der Waals surface area contributed by atoms with Gasteiger partial charge in [-0.3, -0.25) is 0 Å². The Morgan fingerprint density at radius 2 is 1.19 bits per heavy atom. The summed E-state index contributed by atoms with van der Waals surface area (Å²) >= 11 is 0. The van der Waals surface area contributed by atoms with Gasteiger partial charge in [0.2, 0.25) is 0 Å². The average Bonchev–Trinajstić information content (AvgIpc) is 2.61. The smallest absolute Gasteiger partial charge is 0.146 e. The predicted octanol–water partition coefficient (Wildman–Crippen LogP) is 6.55. The Hall–Kier alpha value is -3.54. The molecule has 0 atom stereocenters. The lowest BCUT2D eigenvalue weighted by atomic mass is 10.2. The van der Waals surface area contributed by atoms with Crippen LogP contribution in [0.15, 0.2) is 81.1 Å². The molecule has 0 radical (unpaired) electrons. The minimum Gasteiger partial charge on any atom is -0.505 e. The van der Waals surface area contributed by atoms with Gasteiger partial charge in [-0.05, 0) is 43.7 Å². The highest BCUT2D eigenvalue weighted by Crippen LogP contribution is 2.39. The van der Waals surface area contributed by atoms with Crippen LogP contribution in [-0.4, -0.2) is 10.2 Å². The highest BCUT2D eigenvalue weighted by molar-refractivity contribution is 5.65. The van der Waals surface area contributed by atoms with Crippen molar-refractivity contribution in [2.45, 2.75) is 13.8 Å². The number of aryl methyl sites for hydroxylation is 2. The lowest BCUT2D eigenvalue weighted by Gasteiger charge is -2.03. The fourth-order valence-electron chi connectivity index (χ4n) is 2.24. The number of phenolic OH excluding ortho intramolecular Hbond substituents is 2. The number of rotatable bonds is 4. The molecule has 0 aliphatic rings. The van der Waals surface area contributed by atoms with Crippen LogP contribution >= 0.6 is 0 Å². The molecule has 0 amide bonds. The van der Waals surface area contributed by atoms with E-state index in [0.717, 1.165) is 11.1 Å². The van der Waals surface area contributed by atoms with E-state index in [4.69, 9.17) is 0 Å². The van der Waals surface area contributed by atoms with Gasteiger partial charge in [0.15, 0.2) is 0 Å². The van der Waals surface area contributed by atoms with Gasteiger partial charge in [0.1, 0.15) is 22.9 Å². The Labute approximate surface area is 151 Å². The third-order valence-corrected chi connectivity index (χ3v) is 3.65. The molecule has 0 spiro atoms. The van der Waals surface area contributed by atoms with Crippen molar-refractivity contribution in [1.82, 2.24) is 0 Å². The Morgan fingerprint density at radius 1 is 0.577 bits per heavy atom. The van der Waals surface area contributed by atoms with E-state index >= 15 is 0 Å². The number of phenols is 2. The van der Waals surface area contributed by atoms with Crippen molar-refractivity contribution in [3.8, 4) is 11.5 Å². The summed E-state index contributed by atoms with van der Waals surface area (Å²) in [4.78, 5) is 0. The number of aromatic hydroxyl groups is 2. The van der Waals surface area contributed by atoms with Crippen molar-refractivity contribution in [2.24, 2.45) is 20.5 Å². The van der Waals surface area contributed by atoms with Gasteiger partial charge in [-0.25, -0.2) is 0 Å². The Kier molecular flexibility index (Phi) is 5.03. The van der Waals surface area contributed by atoms with Crippen molar-refractivity contribution in [2.75, 3.05) is 0 Å². The number of benzene rings is 3. The van der Waals surface area contributed by atoms with E-state index in [0.29, 0.717) is 11.4 Å². The molecule has 130 valence electrons. The summed E-state index contributed by atoms with van der Waals surface area (Å²) in [7, 11) is 0. The molecule has 3 aromatic carbocycles. The molecule has 6 nitrogen and oxygen atoms in total. The van der Waals surface area contributed by atoms with Crippen LogP contribution in [0.5, 0.6) is 11.5 Å². The second-order valence-corrected chi connectivity index (χ2v) is 5.90. The molecule has 3 aromatic rings. The van der Waals surface area contributed by atoms with Gasteiger partial charge in [0.05, 0.1) is 11.4 Å². The largest absolute Gasteiger partial charge is 0.505 e. The first-order valence-electron chi connectivity index (χ1n) is 8.04. The molecule has 2 N–H and O–H groups in total. The van der Waals surface area contributed by atoms with E-state index in [2.05, 4.69) is 20.5 Å². The molecule has 0 unspecified atom stereocenters. The van der Waals surface area contributed by atoms with Crippen LogP contribution in [0.25, 0.3) is 0 Å². The molecule has 0 saturated carbocycles. The van der Waals surface area contributed by atoms with E-state index in [1.165, 1.54) is 12.1 Å². The number of hydrogen-bond donors (Lipinski definition) is 2. The van der Waals surface area contributed by atoms with Gasteiger partial charge in [0, 0.05) is 12.1 Å². The van der Waals surface area contributed by atoms with Crippen LogP contribution in [0.3, 0.4) is 0 Å². The summed E-state index contributed by atoms with van der Waals surface area (Å²) in [5.74, 6) is -0.374. The van der Waals surface area contributed by atoms with Crippen LogP contribution < -0.4 is 0 Å². The minimum atomic E-state index is -0.187. The Bertz CT molecular complexity index is 980. The lowest BCUT2D eigenvalue weighted by Crippen LogP contribution is -1.73. The monoisotopic (exact) mass is 346 g/mol. The lowest BCUT2D eigenvalue weighted by molar-refractivity contribution is 0.452. The maximum Gasteiger partial charge on any atom is 0.146 e. The van der Waals surface area contributed by atoms with Gasteiger partial charge in [-0.15, -0.1) is 10.2 Å². The average molecular weight is 346 g/mol. The zero-order chi connectivity index (χ0) is 18.5. The fourth-order valence-corrected chi connectivity index (χ4v) is 2.24. The SMILES string of the molecule is Cc1ccc(N=Nc2cc(N=Nc3cccc(C)c3)c(O)cc2O)cc1. The molecule has 0 heterocycles. The molecule has 0 aliphatic heterocycles. The molecule has 3 rings (SSSR count). The van der Waals surface area contributed by atoms with Gasteiger partial charge < -0.3 is 10.2 Å². The summed E-state index contributed by atoms with van der Waals surface area (Å²) < 4.78 is 0. The quantitative estimate of drug-likeness (QED) is 0.525. The maximum atomic E-state index is 9.98. The van der Waals surface area contributed by atoms with E-state index < -0.39 is 0 Å². The van der Waals surface area contributed by atoms with E-state index in [-0.39, 0.29) is 22.9 Å². The Balaban J connectivity index is 1.88. The molecule has 0 aliphatic carbocycles. The first kappa shape index (κ1) is 17.3. The van der Waals surface area contributed by atoms with E-state index in [1.807, 2.05) is 62.4 Å². The van der Waals surface area contributed by atoms with Crippen molar-refractivity contribution in [3.05, 3.63) is 71.8 Å². The summed E-state index contributed by atoms with van der Waals surface area (Å²) in [6.45, 7) is 3.94. The van der Waals surface area contributed by atoms with Crippen LogP contribution in [-0.2, 0) is 0 Å². The number of hydrogen-bond acceptors (Lipinski definition) is 6. The summed E-state index contributed by atoms with van der Waals surface area (Å²) in [5.41, 5.74) is 3.90. The minimum absolute atomic E-state index is 0.187. The third kappa shape index (κ3) is 4.30. The number of azo groups is 2. The molecule has 0 aromatic heterocycles. The number of nitrogens with zero attached hydrogens (tertiary/aromatic N) is 4. The van der Waals surface area contributed by atoms with Crippen molar-refractivity contribution >= 4 is 22.7 Å². The molecule has 0 bridgehead atoms. The zero-order valence-electron chi connectivity index (χ0n) is 14.5. The highest BCUT2D eigenvalue weighted by Gasteiger charge is 2.08. The van der Waals surface area contributed by atoms with Crippen molar-refractivity contribution < 1.29 is 10.2 Å². The van der Waals surface area contributed by atoms with Crippen LogP contribution in [0.2, 0.25) is 0 Å². The third-order valence-electron chi connectivity index (χ3n) is 3.65. The van der Waals surface area contributed by atoms with Gasteiger partial charge in [0.25, 0.3) is 0 Å². The topological polar surface area (TPSA) is 89.9 Å². The summed E-state index contributed by atoms with van der Waals surface area (Å²) in [5, 5.41) is 36.2. The normalized spacial score (nSPS) is 11.5. The first-order chi connectivity index (χ1) is 12.5. The predicted molar refractivity (Wildman–Crippen MR) is 100 cm³/mol. The van der Waals surface area contributed by atoms with E-state index in [9.17, 15) is 10.2 Å². The molecule has 0 saturated heterocycles. The first-order valence-corrected chi connectivity index (χ1v) is 8.04. The molecule has 26 heavy (non-hydrogen) atoms. The summed E-state index contributed by atoms with van der Waals surface area (Å²) in [6.07, 6.45) is 0. The standard InChI is InChI=1S/C20H18N4O2/c1-13-6-8-15(9-7-13)21-23-17-11-18(20(26)12-19(17)25)24-22-16-5-3-4-14(2)10-16/h3-12,25-26H,1-2H3. The second kappa shape index (κ2) is 7.57. The van der Waals surface area contributed by atoms with Gasteiger partial charge in [-0.1, -0.05) is 29.8 Å². The maximum absolute atomic E-state index is 9.98. The van der Waals surface area contributed by atoms with Crippen molar-refractivity contribution in [1.29, 1.82) is 0 Å². The van der Waals surface area contributed by atoms with Gasteiger partial charge >= 0.3 is 0 Å².